The first-order chi connectivity index (χ1) is 9.58. The Morgan fingerprint density at radius 3 is 2.35 bits per heavy atom. The summed E-state index contributed by atoms with van der Waals surface area (Å²) in [6.45, 7) is 7.59. The van der Waals surface area contributed by atoms with Gasteiger partial charge in [0.15, 0.2) is 0 Å². The van der Waals surface area contributed by atoms with Crippen molar-refractivity contribution in [1.29, 1.82) is 0 Å². The van der Waals surface area contributed by atoms with E-state index >= 15 is 0 Å². The number of benzene rings is 1. The highest BCUT2D eigenvalue weighted by molar-refractivity contribution is 5.95. The van der Waals surface area contributed by atoms with Crippen LogP contribution in [0.4, 0.5) is 0 Å². The molecule has 0 aliphatic carbocycles. The van der Waals surface area contributed by atoms with Crippen molar-refractivity contribution < 1.29 is 9.59 Å². The third-order valence-corrected chi connectivity index (χ3v) is 3.82. The van der Waals surface area contributed by atoms with Gasteiger partial charge in [-0.2, -0.15) is 0 Å². The maximum absolute atomic E-state index is 12.4. The molecule has 108 valence electrons. The summed E-state index contributed by atoms with van der Waals surface area (Å²) in [6, 6.07) is 7.71. The van der Waals surface area contributed by atoms with Gasteiger partial charge in [0.1, 0.15) is 5.78 Å². The summed E-state index contributed by atoms with van der Waals surface area (Å²) in [5.74, 6) is 0.345. The van der Waals surface area contributed by atoms with Gasteiger partial charge in [0.2, 0.25) is 0 Å². The van der Waals surface area contributed by atoms with Crippen LogP contribution < -0.4 is 0 Å². The summed E-state index contributed by atoms with van der Waals surface area (Å²) in [5.41, 5.74) is 1.82. The number of piperazine rings is 1. The Morgan fingerprint density at radius 2 is 1.75 bits per heavy atom. The SMILES string of the molecule is CC(=O)CCN1CCN(C(=O)c2ccccc2C)CC1. The van der Waals surface area contributed by atoms with E-state index in [0.29, 0.717) is 6.42 Å². The van der Waals surface area contributed by atoms with Crippen molar-refractivity contribution in [2.24, 2.45) is 0 Å². The second kappa shape index (κ2) is 6.66. The molecule has 0 spiro atoms. The molecule has 2 rings (SSSR count). The van der Waals surface area contributed by atoms with Gasteiger partial charge in [0, 0.05) is 44.7 Å². The molecular formula is C16H22N2O2. The van der Waals surface area contributed by atoms with E-state index in [2.05, 4.69) is 4.90 Å². The first-order valence-corrected chi connectivity index (χ1v) is 7.14. The first-order valence-electron chi connectivity index (χ1n) is 7.14. The van der Waals surface area contributed by atoms with E-state index in [1.54, 1.807) is 6.92 Å². The topological polar surface area (TPSA) is 40.6 Å². The molecule has 1 saturated heterocycles. The number of ketones is 1. The second-order valence-corrected chi connectivity index (χ2v) is 5.40. The quantitative estimate of drug-likeness (QED) is 0.839. The van der Waals surface area contributed by atoms with E-state index < -0.39 is 0 Å². The van der Waals surface area contributed by atoms with E-state index in [1.165, 1.54) is 0 Å². The van der Waals surface area contributed by atoms with Gasteiger partial charge >= 0.3 is 0 Å². The molecule has 0 atom stereocenters. The van der Waals surface area contributed by atoms with Gasteiger partial charge < -0.3 is 4.90 Å². The Hall–Kier alpha value is -1.68. The normalized spacial score (nSPS) is 16.2. The van der Waals surface area contributed by atoms with Crippen molar-refractivity contribution in [3.8, 4) is 0 Å². The molecule has 1 aromatic carbocycles. The second-order valence-electron chi connectivity index (χ2n) is 5.40. The Morgan fingerprint density at radius 1 is 1.10 bits per heavy atom. The average molecular weight is 274 g/mol. The molecule has 0 saturated carbocycles. The number of rotatable bonds is 4. The number of carbonyl (C=O) groups is 2. The van der Waals surface area contributed by atoms with Crippen molar-refractivity contribution in [1.82, 2.24) is 9.80 Å². The maximum Gasteiger partial charge on any atom is 0.254 e. The largest absolute Gasteiger partial charge is 0.336 e. The third kappa shape index (κ3) is 3.67. The van der Waals surface area contributed by atoms with E-state index in [9.17, 15) is 9.59 Å². The fourth-order valence-electron chi connectivity index (χ4n) is 2.47. The van der Waals surface area contributed by atoms with Crippen LogP contribution in [-0.4, -0.2) is 54.2 Å². The molecule has 1 fully saturated rings. The monoisotopic (exact) mass is 274 g/mol. The molecule has 1 aliphatic rings. The molecule has 1 amide bonds. The summed E-state index contributed by atoms with van der Waals surface area (Å²) in [6.07, 6.45) is 0.603. The molecule has 4 heteroatoms. The number of carbonyl (C=O) groups excluding carboxylic acids is 2. The van der Waals surface area contributed by atoms with Crippen LogP contribution in [0.2, 0.25) is 0 Å². The predicted molar refractivity (Wildman–Crippen MR) is 78.8 cm³/mol. The van der Waals surface area contributed by atoms with Crippen molar-refractivity contribution in [2.45, 2.75) is 20.3 Å². The van der Waals surface area contributed by atoms with Gasteiger partial charge in [-0.3, -0.25) is 14.5 Å². The minimum absolute atomic E-state index is 0.120. The third-order valence-electron chi connectivity index (χ3n) is 3.82. The van der Waals surface area contributed by atoms with Crippen molar-refractivity contribution in [3.05, 3.63) is 35.4 Å². The van der Waals surface area contributed by atoms with Crippen molar-refractivity contribution >= 4 is 11.7 Å². The lowest BCUT2D eigenvalue weighted by Crippen LogP contribution is -2.49. The number of amides is 1. The van der Waals surface area contributed by atoms with Gasteiger partial charge in [0.05, 0.1) is 0 Å². The standard InChI is InChI=1S/C16H22N2O2/c1-13-5-3-4-6-15(13)16(20)18-11-9-17(10-12-18)8-7-14(2)19/h3-6H,7-12H2,1-2H3. The molecule has 1 aromatic rings. The molecule has 1 aliphatic heterocycles. The number of hydrogen-bond donors (Lipinski definition) is 0. The molecule has 0 radical (unpaired) electrons. The summed E-state index contributed by atoms with van der Waals surface area (Å²) in [5, 5.41) is 0. The first kappa shape index (κ1) is 14.7. The Kier molecular flexibility index (Phi) is 4.90. The Bertz CT molecular complexity index is 491. The van der Waals surface area contributed by atoms with Crippen LogP contribution in [0.5, 0.6) is 0 Å². The highest BCUT2D eigenvalue weighted by atomic mass is 16.2. The lowest BCUT2D eigenvalue weighted by atomic mass is 10.1. The molecular weight excluding hydrogens is 252 g/mol. The van der Waals surface area contributed by atoms with Crippen LogP contribution >= 0.6 is 0 Å². The highest BCUT2D eigenvalue weighted by Gasteiger charge is 2.22. The summed E-state index contributed by atoms with van der Waals surface area (Å²) < 4.78 is 0. The van der Waals surface area contributed by atoms with E-state index in [4.69, 9.17) is 0 Å². The van der Waals surface area contributed by atoms with Crippen LogP contribution in [0.15, 0.2) is 24.3 Å². The molecule has 0 unspecified atom stereocenters. The minimum atomic E-state index is 0.120. The average Bonchev–Trinajstić information content (AvgIpc) is 2.45. The maximum atomic E-state index is 12.4. The predicted octanol–water partition coefficient (Wildman–Crippen LogP) is 1.73. The molecule has 0 N–H and O–H groups in total. The molecule has 4 nitrogen and oxygen atoms in total. The highest BCUT2D eigenvalue weighted by Crippen LogP contribution is 2.12. The van der Waals surface area contributed by atoms with Crippen molar-refractivity contribution in [2.75, 3.05) is 32.7 Å². The van der Waals surface area contributed by atoms with Gasteiger partial charge in [-0.1, -0.05) is 18.2 Å². The smallest absolute Gasteiger partial charge is 0.254 e. The van der Waals surface area contributed by atoms with Gasteiger partial charge in [-0.15, -0.1) is 0 Å². The number of nitrogens with zero attached hydrogens (tertiary/aromatic N) is 2. The zero-order valence-electron chi connectivity index (χ0n) is 12.3. The minimum Gasteiger partial charge on any atom is -0.336 e. The fraction of sp³-hybridized carbons (Fsp3) is 0.500. The molecule has 0 bridgehead atoms. The zero-order valence-corrected chi connectivity index (χ0v) is 12.3. The number of Topliss-reactive ketones (excluding diaryl/α,β-unsaturated/α-hetero) is 1. The van der Waals surface area contributed by atoms with Gasteiger partial charge in [0.25, 0.3) is 5.91 Å². The van der Waals surface area contributed by atoms with Crippen LogP contribution in [-0.2, 0) is 4.79 Å². The van der Waals surface area contributed by atoms with Crippen LogP contribution in [0, 0.1) is 6.92 Å². The van der Waals surface area contributed by atoms with Crippen LogP contribution in [0.1, 0.15) is 29.3 Å². The van der Waals surface area contributed by atoms with Crippen LogP contribution in [0.3, 0.4) is 0 Å². The summed E-state index contributed by atoms with van der Waals surface area (Å²) in [4.78, 5) is 27.6. The molecule has 0 aromatic heterocycles. The molecule has 20 heavy (non-hydrogen) atoms. The van der Waals surface area contributed by atoms with Gasteiger partial charge in [-0.05, 0) is 25.5 Å². The lowest BCUT2D eigenvalue weighted by molar-refractivity contribution is -0.117. The van der Waals surface area contributed by atoms with E-state index in [-0.39, 0.29) is 11.7 Å². The molecule has 1 heterocycles. The zero-order chi connectivity index (χ0) is 14.5. The van der Waals surface area contributed by atoms with Gasteiger partial charge in [-0.25, -0.2) is 0 Å². The van der Waals surface area contributed by atoms with E-state index in [1.807, 2.05) is 36.1 Å². The van der Waals surface area contributed by atoms with Crippen molar-refractivity contribution in [3.63, 3.8) is 0 Å². The number of hydrogen-bond acceptors (Lipinski definition) is 3. The van der Waals surface area contributed by atoms with Crippen LogP contribution in [0.25, 0.3) is 0 Å². The van der Waals surface area contributed by atoms with E-state index in [0.717, 1.165) is 43.9 Å². The fourth-order valence-corrected chi connectivity index (χ4v) is 2.47. The summed E-state index contributed by atoms with van der Waals surface area (Å²) >= 11 is 0. The summed E-state index contributed by atoms with van der Waals surface area (Å²) in [7, 11) is 0. The number of aryl methyl sites for hydroxylation is 1. The Balaban J connectivity index is 1.89. The lowest BCUT2D eigenvalue weighted by Gasteiger charge is -2.34. The Labute approximate surface area is 120 Å².